The van der Waals surface area contributed by atoms with Gasteiger partial charge in [0, 0.05) is 38.8 Å². The Hall–Kier alpha value is -2.30. The quantitative estimate of drug-likeness (QED) is 0.617. The van der Waals surface area contributed by atoms with E-state index >= 15 is 0 Å². The second-order valence-electron chi connectivity index (χ2n) is 9.76. The number of alkyl halides is 3. The predicted octanol–water partition coefficient (Wildman–Crippen LogP) is 2.09. The van der Waals surface area contributed by atoms with E-state index in [1.54, 1.807) is 4.90 Å². The zero-order valence-electron chi connectivity index (χ0n) is 18.5. The monoisotopic (exact) mass is 469 g/mol. The highest BCUT2D eigenvalue weighted by atomic mass is 19.4. The Labute approximate surface area is 190 Å². The van der Waals surface area contributed by atoms with Gasteiger partial charge in [-0.25, -0.2) is 0 Å². The highest BCUT2D eigenvalue weighted by Gasteiger charge is 2.49. The molecular weight excluding hydrogens is 439 g/mol. The van der Waals surface area contributed by atoms with Gasteiger partial charge in [-0.05, 0) is 49.9 Å². The minimum absolute atomic E-state index is 0.00463. The largest absolute Gasteiger partial charge is 0.408 e. The van der Waals surface area contributed by atoms with Crippen molar-refractivity contribution in [1.29, 1.82) is 0 Å². The van der Waals surface area contributed by atoms with Crippen LogP contribution in [0.2, 0.25) is 0 Å². The van der Waals surface area contributed by atoms with Crippen LogP contribution in [0.4, 0.5) is 24.9 Å². The molecule has 4 atom stereocenters. The van der Waals surface area contributed by atoms with Crippen LogP contribution in [-0.4, -0.2) is 72.0 Å². The van der Waals surface area contributed by atoms with Crippen molar-refractivity contribution < 1.29 is 22.7 Å². The third kappa shape index (κ3) is 4.69. The first-order chi connectivity index (χ1) is 15.8. The molecule has 0 radical (unpaired) electrons. The third-order valence-corrected chi connectivity index (χ3v) is 7.67. The number of piperidine rings is 1. The number of amides is 1. The lowest BCUT2D eigenvalue weighted by molar-refractivity contribution is -0.152. The van der Waals surface area contributed by atoms with Crippen molar-refractivity contribution in [2.24, 2.45) is 17.8 Å². The van der Waals surface area contributed by atoms with Crippen molar-refractivity contribution in [3.05, 3.63) is 16.4 Å². The van der Waals surface area contributed by atoms with Gasteiger partial charge < -0.3 is 19.9 Å². The molecule has 1 aliphatic carbocycles. The Kier molecular flexibility index (Phi) is 6.00. The molecule has 33 heavy (non-hydrogen) atoms. The first-order valence-corrected chi connectivity index (χ1v) is 11.8. The van der Waals surface area contributed by atoms with Gasteiger partial charge in [0.2, 0.25) is 12.4 Å². The lowest BCUT2D eigenvalue weighted by atomic mass is 9.93. The van der Waals surface area contributed by atoms with Gasteiger partial charge in [0.1, 0.15) is 11.9 Å². The minimum Gasteiger partial charge on any atom is -0.376 e. The number of fused-ring (bicyclic) bond motifs is 2. The van der Waals surface area contributed by atoms with Crippen molar-refractivity contribution in [3.8, 4) is 0 Å². The fourth-order valence-corrected chi connectivity index (χ4v) is 5.53. The summed E-state index contributed by atoms with van der Waals surface area (Å²) < 4.78 is 48.8. The molecule has 0 bridgehead atoms. The lowest BCUT2D eigenvalue weighted by Crippen LogP contribution is -2.53. The third-order valence-electron chi connectivity index (χ3n) is 7.67. The van der Waals surface area contributed by atoms with E-state index in [9.17, 15) is 22.8 Å². The molecule has 0 spiro atoms. The molecule has 1 aromatic rings. The Balaban J connectivity index is 1.33. The number of ether oxygens (including phenoxy) is 1. The van der Waals surface area contributed by atoms with E-state index in [4.69, 9.17) is 4.74 Å². The molecule has 2 saturated heterocycles. The van der Waals surface area contributed by atoms with Crippen LogP contribution in [0, 0.1) is 17.8 Å². The summed E-state index contributed by atoms with van der Waals surface area (Å²) in [6.07, 6.45) is -0.443. The Morgan fingerprint density at radius 1 is 1.21 bits per heavy atom. The summed E-state index contributed by atoms with van der Waals surface area (Å²) in [5, 5.41) is 3.13. The zero-order chi connectivity index (χ0) is 23.2. The SMILES string of the molecule is O=CN1CCC(CCN2c3nc(NC[C@H]4OC[C@@H]5CC54)cc(=O)n3CC[C@H]2C(F)(F)F)CC1. The minimum atomic E-state index is -4.41. The first-order valence-electron chi connectivity index (χ1n) is 11.8. The van der Waals surface area contributed by atoms with Gasteiger partial charge in [0.05, 0.1) is 12.7 Å². The zero-order valence-corrected chi connectivity index (χ0v) is 18.5. The average Bonchev–Trinajstić information content (AvgIpc) is 3.47. The fraction of sp³-hybridized carbons (Fsp3) is 0.773. The van der Waals surface area contributed by atoms with Crippen LogP contribution in [0.25, 0.3) is 0 Å². The highest BCUT2D eigenvalue weighted by molar-refractivity contribution is 5.47. The van der Waals surface area contributed by atoms with E-state index in [1.807, 2.05) is 0 Å². The lowest BCUT2D eigenvalue weighted by Gasteiger charge is -2.40. The van der Waals surface area contributed by atoms with Gasteiger partial charge in [-0.15, -0.1) is 0 Å². The van der Waals surface area contributed by atoms with Crippen molar-refractivity contribution in [2.75, 3.05) is 43.0 Å². The van der Waals surface area contributed by atoms with Crippen LogP contribution in [-0.2, 0) is 16.1 Å². The van der Waals surface area contributed by atoms with Crippen molar-refractivity contribution in [1.82, 2.24) is 14.5 Å². The van der Waals surface area contributed by atoms with Crippen molar-refractivity contribution in [3.63, 3.8) is 0 Å². The summed E-state index contributed by atoms with van der Waals surface area (Å²) in [5.74, 6) is 1.78. The van der Waals surface area contributed by atoms with Crippen molar-refractivity contribution >= 4 is 18.2 Å². The summed E-state index contributed by atoms with van der Waals surface area (Å²) >= 11 is 0. The number of nitrogens with one attached hydrogen (secondary N) is 1. The molecular formula is C22H30F3N5O3. The summed E-state index contributed by atoms with van der Waals surface area (Å²) in [4.78, 5) is 31.1. The number of carbonyl (C=O) groups is 1. The van der Waals surface area contributed by atoms with Crippen molar-refractivity contribution in [2.45, 2.75) is 57.0 Å². The fourth-order valence-electron chi connectivity index (χ4n) is 5.53. The van der Waals surface area contributed by atoms with Gasteiger partial charge in [-0.1, -0.05) is 0 Å². The Morgan fingerprint density at radius 3 is 2.64 bits per heavy atom. The summed E-state index contributed by atoms with van der Waals surface area (Å²) in [6.45, 7) is 2.67. The number of carbonyl (C=O) groups excluding carboxylic acids is 1. The van der Waals surface area contributed by atoms with Crippen LogP contribution in [0.1, 0.15) is 32.1 Å². The molecule has 1 amide bonds. The maximum atomic E-state index is 13.9. The summed E-state index contributed by atoms with van der Waals surface area (Å²) in [5.41, 5.74) is -0.343. The van der Waals surface area contributed by atoms with Crippen LogP contribution >= 0.6 is 0 Å². The molecule has 1 saturated carbocycles. The Morgan fingerprint density at radius 2 is 2.00 bits per heavy atom. The van der Waals surface area contributed by atoms with Crippen LogP contribution in [0.15, 0.2) is 10.9 Å². The smallest absolute Gasteiger partial charge is 0.376 e. The predicted molar refractivity (Wildman–Crippen MR) is 115 cm³/mol. The number of aromatic nitrogens is 2. The normalized spacial score (nSPS) is 29.5. The molecule has 1 N–H and O–H groups in total. The van der Waals surface area contributed by atoms with E-state index in [0.717, 1.165) is 32.3 Å². The molecule has 4 aliphatic rings. The average molecular weight is 470 g/mol. The van der Waals surface area contributed by atoms with Crippen LogP contribution in [0.3, 0.4) is 0 Å². The van der Waals surface area contributed by atoms with E-state index in [-0.39, 0.29) is 43.0 Å². The van der Waals surface area contributed by atoms with Crippen LogP contribution in [0.5, 0.6) is 0 Å². The number of anilines is 2. The van der Waals surface area contributed by atoms with Gasteiger partial charge in [0.25, 0.3) is 5.56 Å². The number of hydrogen-bond donors (Lipinski definition) is 1. The van der Waals surface area contributed by atoms with Crippen LogP contribution < -0.4 is 15.8 Å². The molecule has 182 valence electrons. The molecule has 1 unspecified atom stereocenters. The molecule has 8 nitrogen and oxygen atoms in total. The summed E-state index contributed by atoms with van der Waals surface area (Å²) in [6, 6.07) is -0.301. The second-order valence-corrected chi connectivity index (χ2v) is 9.76. The van der Waals surface area contributed by atoms with Gasteiger partial charge >= 0.3 is 6.18 Å². The number of likely N-dealkylation sites (tertiary alicyclic amines) is 1. The van der Waals surface area contributed by atoms with Gasteiger partial charge in [0.15, 0.2) is 0 Å². The van der Waals surface area contributed by atoms with Gasteiger partial charge in [-0.2, -0.15) is 18.2 Å². The maximum absolute atomic E-state index is 13.9. The van der Waals surface area contributed by atoms with E-state index < -0.39 is 12.2 Å². The van der Waals surface area contributed by atoms with E-state index in [1.165, 1.54) is 15.5 Å². The Bertz CT molecular complexity index is 931. The molecule has 3 aliphatic heterocycles. The number of nitrogens with zero attached hydrogens (tertiary/aromatic N) is 4. The molecule has 0 aromatic carbocycles. The molecule has 4 heterocycles. The molecule has 11 heteroatoms. The molecule has 3 fully saturated rings. The molecule has 1 aromatic heterocycles. The standard InChI is InChI=1S/C22H30F3N5O3/c23-22(24,25)18-4-8-30-20(32)10-19(26-11-17-16-9-15(16)12-33-17)27-21(30)29(18)7-3-14-1-5-28(13-31)6-2-14/h10,13-18,26H,1-9,11-12H2/t15-,16?,17+,18-/m0/s1. The van der Waals surface area contributed by atoms with Gasteiger partial charge in [-0.3, -0.25) is 14.2 Å². The number of rotatable bonds is 7. The number of hydrogen-bond acceptors (Lipinski definition) is 6. The van der Waals surface area contributed by atoms with E-state index in [2.05, 4.69) is 10.3 Å². The maximum Gasteiger partial charge on any atom is 0.408 e. The number of halogens is 3. The first kappa shape index (κ1) is 22.5. The highest BCUT2D eigenvalue weighted by Crippen LogP contribution is 2.48. The van der Waals surface area contributed by atoms with E-state index in [0.29, 0.717) is 43.7 Å². The molecule has 5 rings (SSSR count). The summed E-state index contributed by atoms with van der Waals surface area (Å²) in [7, 11) is 0. The second kappa shape index (κ2) is 8.81. The topological polar surface area (TPSA) is 79.7 Å².